The Balaban J connectivity index is 1.92. The van der Waals surface area contributed by atoms with Crippen molar-refractivity contribution in [2.45, 2.75) is 32.8 Å². The average molecular weight is 287 g/mol. The molecule has 2 aromatic rings. The second kappa shape index (κ2) is 5.90. The fourth-order valence-electron chi connectivity index (χ4n) is 2.82. The number of Topliss-reactive ketones (excluding diaryl/α,β-unsaturated/α-hetero) is 1. The summed E-state index contributed by atoms with van der Waals surface area (Å²) in [6.07, 6.45) is 3.79. The average Bonchev–Trinajstić information content (AvgIpc) is 2.90. The van der Waals surface area contributed by atoms with E-state index in [9.17, 15) is 4.79 Å². The third-order valence-corrected chi connectivity index (χ3v) is 3.82. The molecule has 1 aromatic heterocycles. The number of nitrogens with one attached hydrogen (secondary N) is 1. The number of benzene rings is 1. The number of carbonyl (C=O) groups is 1. The van der Waals surface area contributed by atoms with Crippen LogP contribution in [-0.4, -0.2) is 30.1 Å². The van der Waals surface area contributed by atoms with Crippen molar-refractivity contribution < 1.29 is 14.3 Å². The zero-order valence-corrected chi connectivity index (χ0v) is 12.5. The Bertz CT molecular complexity index is 639. The van der Waals surface area contributed by atoms with Crippen LogP contribution in [0.15, 0.2) is 24.4 Å². The molecule has 1 atom stereocenters. The smallest absolute Gasteiger partial charge is 0.170 e. The number of rotatable bonds is 4. The minimum absolute atomic E-state index is 0.0209. The molecule has 1 N–H and O–H groups in total. The lowest BCUT2D eigenvalue weighted by Gasteiger charge is -2.20. The van der Waals surface area contributed by atoms with Gasteiger partial charge < -0.3 is 14.5 Å². The van der Waals surface area contributed by atoms with Gasteiger partial charge in [-0.05, 0) is 44.9 Å². The molecular weight excluding hydrogens is 266 g/mol. The predicted molar refractivity (Wildman–Crippen MR) is 81.9 cm³/mol. The Kier molecular flexibility index (Phi) is 3.97. The van der Waals surface area contributed by atoms with Gasteiger partial charge in [0.1, 0.15) is 5.75 Å². The molecule has 0 saturated carbocycles. The van der Waals surface area contributed by atoms with Gasteiger partial charge in [0.25, 0.3) is 0 Å². The molecule has 1 aliphatic heterocycles. The van der Waals surface area contributed by atoms with Gasteiger partial charge in [-0.2, -0.15) is 0 Å². The van der Waals surface area contributed by atoms with Gasteiger partial charge >= 0.3 is 0 Å². The van der Waals surface area contributed by atoms with Gasteiger partial charge in [0.15, 0.2) is 5.78 Å². The van der Waals surface area contributed by atoms with Gasteiger partial charge in [-0.25, -0.2) is 0 Å². The van der Waals surface area contributed by atoms with Crippen LogP contribution in [0.5, 0.6) is 5.75 Å². The molecule has 4 heteroatoms. The maximum absolute atomic E-state index is 12.7. The van der Waals surface area contributed by atoms with Gasteiger partial charge in [0.05, 0.1) is 12.7 Å². The number of aromatic nitrogens is 1. The summed E-state index contributed by atoms with van der Waals surface area (Å²) in [6, 6.07) is 5.83. The lowest BCUT2D eigenvalue weighted by atomic mass is 9.92. The summed E-state index contributed by atoms with van der Waals surface area (Å²) < 4.78 is 11.2. The normalized spacial score (nSPS) is 19.1. The number of hydrogen-bond acceptors (Lipinski definition) is 3. The zero-order valence-electron chi connectivity index (χ0n) is 12.5. The molecule has 2 heterocycles. The Hall–Kier alpha value is -1.81. The quantitative estimate of drug-likeness (QED) is 0.875. The summed E-state index contributed by atoms with van der Waals surface area (Å²) in [4.78, 5) is 15.8. The summed E-state index contributed by atoms with van der Waals surface area (Å²) in [5.41, 5.74) is 1.71. The number of hydrogen-bond donors (Lipinski definition) is 1. The van der Waals surface area contributed by atoms with Crippen molar-refractivity contribution in [1.82, 2.24) is 4.98 Å². The maximum atomic E-state index is 12.7. The molecule has 0 aliphatic carbocycles. The fourth-order valence-corrected chi connectivity index (χ4v) is 2.82. The van der Waals surface area contributed by atoms with Gasteiger partial charge in [-0.1, -0.05) is 0 Å². The Morgan fingerprint density at radius 3 is 3.00 bits per heavy atom. The van der Waals surface area contributed by atoms with Gasteiger partial charge in [0, 0.05) is 35.2 Å². The third kappa shape index (κ3) is 2.95. The van der Waals surface area contributed by atoms with Crippen molar-refractivity contribution in [3.05, 3.63) is 30.0 Å². The van der Waals surface area contributed by atoms with Crippen LogP contribution in [0.1, 0.15) is 37.0 Å². The molecule has 0 amide bonds. The van der Waals surface area contributed by atoms with E-state index in [4.69, 9.17) is 9.47 Å². The highest BCUT2D eigenvalue weighted by atomic mass is 16.5. The predicted octanol–water partition coefficient (Wildman–Crippen LogP) is 3.56. The van der Waals surface area contributed by atoms with Crippen LogP contribution in [-0.2, 0) is 4.74 Å². The van der Waals surface area contributed by atoms with E-state index in [2.05, 4.69) is 4.98 Å². The molecule has 1 aromatic carbocycles. The summed E-state index contributed by atoms with van der Waals surface area (Å²) >= 11 is 0. The van der Waals surface area contributed by atoms with E-state index in [1.807, 2.05) is 32.0 Å². The molecule has 0 radical (unpaired) electrons. The van der Waals surface area contributed by atoms with Crippen LogP contribution in [0, 0.1) is 5.92 Å². The summed E-state index contributed by atoms with van der Waals surface area (Å²) in [5, 5.41) is 0.934. The van der Waals surface area contributed by atoms with E-state index >= 15 is 0 Å². The van der Waals surface area contributed by atoms with Crippen LogP contribution in [0.25, 0.3) is 10.9 Å². The molecule has 3 rings (SSSR count). The van der Waals surface area contributed by atoms with E-state index in [0.717, 1.165) is 41.7 Å². The van der Waals surface area contributed by atoms with Crippen molar-refractivity contribution >= 4 is 16.7 Å². The van der Waals surface area contributed by atoms with Crippen LogP contribution >= 0.6 is 0 Å². The van der Waals surface area contributed by atoms with Crippen molar-refractivity contribution in [1.29, 1.82) is 0 Å². The van der Waals surface area contributed by atoms with E-state index in [1.54, 1.807) is 6.20 Å². The number of carbonyl (C=O) groups excluding carboxylic acids is 1. The summed E-state index contributed by atoms with van der Waals surface area (Å²) in [7, 11) is 0. The van der Waals surface area contributed by atoms with E-state index in [1.165, 1.54) is 0 Å². The number of ketones is 1. The highest BCUT2D eigenvalue weighted by Gasteiger charge is 2.25. The second-order valence-electron chi connectivity index (χ2n) is 5.85. The van der Waals surface area contributed by atoms with Gasteiger partial charge in [0.2, 0.25) is 0 Å². The number of fused-ring (bicyclic) bond motifs is 1. The van der Waals surface area contributed by atoms with E-state index in [0.29, 0.717) is 6.61 Å². The number of aromatic amines is 1. The summed E-state index contributed by atoms with van der Waals surface area (Å²) in [5.74, 6) is 0.945. The van der Waals surface area contributed by atoms with Crippen molar-refractivity contribution in [3.8, 4) is 5.75 Å². The SMILES string of the molecule is CC(C)Oc1ccc2[nH]cc(C(=O)C3CCCOC3)c2c1. The minimum atomic E-state index is -0.0209. The molecule has 1 fully saturated rings. The Morgan fingerprint density at radius 1 is 1.43 bits per heavy atom. The Labute approximate surface area is 124 Å². The van der Waals surface area contributed by atoms with Crippen LogP contribution in [0.4, 0.5) is 0 Å². The van der Waals surface area contributed by atoms with Crippen LogP contribution in [0.2, 0.25) is 0 Å². The molecular formula is C17H21NO3. The van der Waals surface area contributed by atoms with Crippen molar-refractivity contribution in [2.24, 2.45) is 5.92 Å². The van der Waals surface area contributed by atoms with Crippen LogP contribution in [0.3, 0.4) is 0 Å². The lowest BCUT2D eigenvalue weighted by molar-refractivity contribution is 0.0462. The van der Waals surface area contributed by atoms with Crippen molar-refractivity contribution in [2.75, 3.05) is 13.2 Å². The molecule has 1 unspecified atom stereocenters. The maximum Gasteiger partial charge on any atom is 0.170 e. The molecule has 0 spiro atoms. The molecule has 21 heavy (non-hydrogen) atoms. The van der Waals surface area contributed by atoms with Gasteiger partial charge in [-0.15, -0.1) is 0 Å². The summed E-state index contributed by atoms with van der Waals surface area (Å²) in [6.45, 7) is 5.29. The third-order valence-electron chi connectivity index (χ3n) is 3.82. The zero-order chi connectivity index (χ0) is 14.8. The van der Waals surface area contributed by atoms with Crippen LogP contribution < -0.4 is 4.74 Å². The van der Waals surface area contributed by atoms with E-state index < -0.39 is 0 Å². The second-order valence-corrected chi connectivity index (χ2v) is 5.85. The topological polar surface area (TPSA) is 51.3 Å². The van der Waals surface area contributed by atoms with Crippen molar-refractivity contribution in [3.63, 3.8) is 0 Å². The number of H-pyrrole nitrogens is 1. The molecule has 4 nitrogen and oxygen atoms in total. The fraction of sp³-hybridized carbons (Fsp3) is 0.471. The molecule has 0 bridgehead atoms. The lowest BCUT2D eigenvalue weighted by Crippen LogP contribution is -2.25. The first kappa shape index (κ1) is 14.1. The standard InChI is InChI=1S/C17H21NO3/c1-11(2)21-13-5-6-16-14(8-13)15(9-18-16)17(19)12-4-3-7-20-10-12/h5-6,8-9,11-12,18H,3-4,7,10H2,1-2H3. The highest BCUT2D eigenvalue weighted by Crippen LogP contribution is 2.28. The first-order valence-electron chi connectivity index (χ1n) is 7.55. The van der Waals surface area contributed by atoms with E-state index in [-0.39, 0.29) is 17.8 Å². The monoisotopic (exact) mass is 287 g/mol. The van der Waals surface area contributed by atoms with Gasteiger partial charge in [-0.3, -0.25) is 4.79 Å². The first-order chi connectivity index (χ1) is 10.1. The number of ether oxygens (including phenoxy) is 2. The molecule has 1 aliphatic rings. The Morgan fingerprint density at radius 2 is 2.29 bits per heavy atom. The minimum Gasteiger partial charge on any atom is -0.491 e. The molecule has 1 saturated heterocycles. The highest BCUT2D eigenvalue weighted by molar-refractivity contribution is 6.09. The molecule has 112 valence electrons. The largest absolute Gasteiger partial charge is 0.491 e. The first-order valence-corrected chi connectivity index (χ1v) is 7.55.